The number of phenolic OH excluding ortho intramolecular Hbond substituents is 1. The van der Waals surface area contributed by atoms with Gasteiger partial charge in [-0.2, -0.15) is 0 Å². The number of hydrogen-bond acceptors (Lipinski definition) is 2. The van der Waals surface area contributed by atoms with Crippen LogP contribution in [-0.4, -0.2) is 11.0 Å². The van der Waals surface area contributed by atoms with Crippen molar-refractivity contribution in [1.29, 1.82) is 0 Å². The lowest BCUT2D eigenvalue weighted by Gasteiger charge is -2.21. The van der Waals surface area contributed by atoms with Crippen LogP contribution in [0.1, 0.15) is 37.4 Å². The van der Waals surface area contributed by atoms with Gasteiger partial charge >= 0.3 is 0 Å². The van der Waals surface area contributed by atoms with Gasteiger partial charge in [-0.3, -0.25) is 4.79 Å². The predicted molar refractivity (Wildman–Crippen MR) is 127 cm³/mol. The quantitative estimate of drug-likeness (QED) is 0.390. The number of hydrogen-bond donors (Lipinski definition) is 2. The van der Waals surface area contributed by atoms with Crippen molar-refractivity contribution in [2.24, 2.45) is 5.92 Å². The van der Waals surface area contributed by atoms with Gasteiger partial charge in [0.2, 0.25) is 5.91 Å². The molecular weight excluding hydrogens is 655 g/mol. The highest BCUT2D eigenvalue weighted by molar-refractivity contribution is 14.1. The SMILES string of the molecule is CC[C@H](Cc1c(I)cc(I)c(O)c1I)C(=O)N[C@@H](C)c1ccccc1. The van der Waals surface area contributed by atoms with Crippen LogP contribution < -0.4 is 5.32 Å². The number of aromatic hydroxyl groups is 1. The Labute approximate surface area is 189 Å². The zero-order chi connectivity index (χ0) is 18.6. The molecule has 1 amide bonds. The number of nitrogens with one attached hydrogen (secondary N) is 1. The van der Waals surface area contributed by atoms with Crippen molar-refractivity contribution in [3.05, 3.63) is 58.2 Å². The monoisotopic (exact) mass is 675 g/mol. The van der Waals surface area contributed by atoms with E-state index >= 15 is 0 Å². The highest BCUT2D eigenvalue weighted by atomic mass is 127. The molecule has 3 nitrogen and oxygen atoms in total. The third-order valence-electron chi connectivity index (χ3n) is 4.21. The van der Waals surface area contributed by atoms with Gasteiger partial charge in [0.1, 0.15) is 5.75 Å². The first-order valence-electron chi connectivity index (χ1n) is 8.05. The second kappa shape index (κ2) is 9.72. The molecule has 0 aliphatic rings. The molecule has 0 aromatic heterocycles. The number of carbonyl (C=O) groups excluding carboxylic acids is 1. The van der Waals surface area contributed by atoms with Crippen LogP contribution in [0.5, 0.6) is 5.75 Å². The molecule has 0 saturated heterocycles. The summed E-state index contributed by atoms with van der Waals surface area (Å²) in [6.45, 7) is 4.04. The zero-order valence-electron chi connectivity index (χ0n) is 14.0. The molecule has 0 aliphatic heterocycles. The maximum Gasteiger partial charge on any atom is 0.223 e. The van der Waals surface area contributed by atoms with Crippen molar-refractivity contribution in [2.75, 3.05) is 0 Å². The Morgan fingerprint density at radius 1 is 1.16 bits per heavy atom. The van der Waals surface area contributed by atoms with E-state index in [1.54, 1.807) is 0 Å². The fraction of sp³-hybridized carbons (Fsp3) is 0.316. The Hall–Kier alpha value is -0.1000. The van der Waals surface area contributed by atoms with E-state index < -0.39 is 0 Å². The molecule has 0 radical (unpaired) electrons. The fourth-order valence-electron chi connectivity index (χ4n) is 2.63. The minimum Gasteiger partial charge on any atom is -0.506 e. The second-order valence-electron chi connectivity index (χ2n) is 5.93. The van der Waals surface area contributed by atoms with Gasteiger partial charge in [-0.05, 0) is 105 Å². The molecule has 25 heavy (non-hydrogen) atoms. The number of phenols is 1. The number of rotatable bonds is 6. The maximum absolute atomic E-state index is 12.8. The van der Waals surface area contributed by atoms with Crippen molar-refractivity contribution >= 4 is 73.7 Å². The van der Waals surface area contributed by atoms with E-state index in [-0.39, 0.29) is 17.9 Å². The van der Waals surface area contributed by atoms with Gasteiger partial charge in [0.25, 0.3) is 0 Å². The molecule has 2 atom stereocenters. The van der Waals surface area contributed by atoms with Crippen molar-refractivity contribution in [3.8, 4) is 5.75 Å². The van der Waals surface area contributed by atoms with Crippen LogP contribution in [0, 0.1) is 16.6 Å². The van der Waals surface area contributed by atoms with Crippen LogP contribution in [-0.2, 0) is 11.2 Å². The minimum atomic E-state index is -0.118. The Balaban J connectivity index is 2.15. The molecule has 0 fully saturated rings. The van der Waals surface area contributed by atoms with Crippen molar-refractivity contribution in [1.82, 2.24) is 5.32 Å². The molecule has 0 aliphatic carbocycles. The average molecular weight is 675 g/mol. The molecule has 0 unspecified atom stereocenters. The molecule has 2 aromatic carbocycles. The van der Waals surface area contributed by atoms with E-state index in [1.165, 1.54) is 0 Å². The van der Waals surface area contributed by atoms with Gasteiger partial charge in [-0.25, -0.2) is 0 Å². The summed E-state index contributed by atoms with van der Waals surface area (Å²) >= 11 is 6.59. The summed E-state index contributed by atoms with van der Waals surface area (Å²) in [6, 6.07) is 11.9. The number of benzene rings is 2. The van der Waals surface area contributed by atoms with Gasteiger partial charge < -0.3 is 10.4 Å². The molecular formula is C19H20I3NO2. The Morgan fingerprint density at radius 2 is 1.80 bits per heavy atom. The molecule has 2 rings (SSSR count). The molecule has 0 heterocycles. The topological polar surface area (TPSA) is 49.3 Å². The van der Waals surface area contributed by atoms with Gasteiger partial charge in [0, 0.05) is 9.49 Å². The lowest BCUT2D eigenvalue weighted by atomic mass is 9.95. The first kappa shape index (κ1) is 21.2. The first-order valence-corrected chi connectivity index (χ1v) is 11.3. The van der Waals surface area contributed by atoms with Crippen LogP contribution in [0.3, 0.4) is 0 Å². The summed E-state index contributed by atoms with van der Waals surface area (Å²) < 4.78 is 2.77. The summed E-state index contributed by atoms with van der Waals surface area (Å²) in [5.41, 5.74) is 2.15. The van der Waals surface area contributed by atoms with E-state index in [0.29, 0.717) is 12.2 Å². The standard InChI is InChI=1S/C19H20I3NO2/c1-3-12(9-14-15(20)10-16(21)18(24)17(14)22)19(25)23-11(2)13-7-5-4-6-8-13/h4-8,10-12,24H,3,9H2,1-2H3,(H,23,25)/t11-,12+/m0/s1. The molecule has 0 bridgehead atoms. The van der Waals surface area contributed by atoms with E-state index in [0.717, 1.165) is 28.3 Å². The van der Waals surface area contributed by atoms with Crippen LogP contribution in [0.15, 0.2) is 36.4 Å². The Kier molecular flexibility index (Phi) is 8.25. The van der Waals surface area contributed by atoms with Crippen LogP contribution in [0.2, 0.25) is 0 Å². The molecule has 2 aromatic rings. The van der Waals surface area contributed by atoms with E-state index in [4.69, 9.17) is 0 Å². The van der Waals surface area contributed by atoms with Gasteiger partial charge in [0.05, 0.1) is 13.2 Å². The van der Waals surface area contributed by atoms with Crippen LogP contribution >= 0.6 is 67.8 Å². The number of carbonyl (C=O) groups is 1. The smallest absolute Gasteiger partial charge is 0.223 e. The third kappa shape index (κ3) is 5.44. The third-order valence-corrected chi connectivity index (χ3v) is 7.16. The van der Waals surface area contributed by atoms with Crippen LogP contribution in [0.4, 0.5) is 0 Å². The second-order valence-corrected chi connectivity index (χ2v) is 9.33. The van der Waals surface area contributed by atoms with Crippen LogP contribution in [0.25, 0.3) is 0 Å². The number of halogens is 3. The molecule has 0 saturated carbocycles. The molecule has 0 spiro atoms. The Bertz CT molecular complexity index is 750. The lowest BCUT2D eigenvalue weighted by Crippen LogP contribution is -2.33. The summed E-state index contributed by atoms with van der Waals surface area (Å²) in [6.07, 6.45) is 1.39. The fourth-order valence-corrected chi connectivity index (χ4v) is 6.44. The Morgan fingerprint density at radius 3 is 2.40 bits per heavy atom. The largest absolute Gasteiger partial charge is 0.506 e. The van der Waals surface area contributed by atoms with Gasteiger partial charge in [-0.1, -0.05) is 37.3 Å². The summed E-state index contributed by atoms with van der Waals surface area (Å²) in [7, 11) is 0. The van der Waals surface area contributed by atoms with E-state index in [1.807, 2.05) is 50.2 Å². The van der Waals surface area contributed by atoms with E-state index in [9.17, 15) is 9.90 Å². The lowest BCUT2D eigenvalue weighted by molar-refractivity contribution is -0.125. The average Bonchev–Trinajstić information content (AvgIpc) is 2.60. The van der Waals surface area contributed by atoms with Gasteiger partial charge in [0.15, 0.2) is 0 Å². The molecule has 6 heteroatoms. The molecule has 134 valence electrons. The van der Waals surface area contributed by atoms with Crippen molar-refractivity contribution < 1.29 is 9.90 Å². The van der Waals surface area contributed by atoms with Crippen molar-refractivity contribution in [3.63, 3.8) is 0 Å². The number of amides is 1. The minimum absolute atomic E-state index is 0.0222. The summed E-state index contributed by atoms with van der Waals surface area (Å²) in [4.78, 5) is 12.8. The first-order chi connectivity index (χ1) is 11.8. The highest BCUT2D eigenvalue weighted by Gasteiger charge is 2.23. The normalized spacial score (nSPS) is 13.3. The van der Waals surface area contributed by atoms with Gasteiger partial charge in [-0.15, -0.1) is 0 Å². The predicted octanol–water partition coefficient (Wildman–Crippen LogP) is 5.65. The molecule has 2 N–H and O–H groups in total. The summed E-state index contributed by atoms with van der Waals surface area (Å²) in [5, 5.41) is 13.3. The summed E-state index contributed by atoms with van der Waals surface area (Å²) in [5.74, 6) is 0.251. The highest BCUT2D eigenvalue weighted by Crippen LogP contribution is 2.34. The maximum atomic E-state index is 12.8. The van der Waals surface area contributed by atoms with E-state index in [2.05, 4.69) is 73.1 Å². The van der Waals surface area contributed by atoms with Crippen molar-refractivity contribution in [2.45, 2.75) is 32.7 Å². The zero-order valence-corrected chi connectivity index (χ0v) is 20.5.